The van der Waals surface area contributed by atoms with Crippen molar-refractivity contribution in [3.05, 3.63) is 72.2 Å². The van der Waals surface area contributed by atoms with Crippen molar-refractivity contribution < 1.29 is 9.59 Å². The van der Waals surface area contributed by atoms with Gasteiger partial charge in [-0.25, -0.2) is 4.98 Å². The Bertz CT molecular complexity index is 1040. The molecule has 0 saturated heterocycles. The molecule has 1 aliphatic rings. The fraction of sp³-hybridized carbons (Fsp3) is 0.320. The summed E-state index contributed by atoms with van der Waals surface area (Å²) in [4.78, 5) is 33.0. The Balaban J connectivity index is 1.39. The molecule has 6 heteroatoms. The predicted molar refractivity (Wildman–Crippen MR) is 122 cm³/mol. The number of aromatic amines is 1. The summed E-state index contributed by atoms with van der Waals surface area (Å²) < 4.78 is 0. The molecular formula is C25H28N4O2. The smallest absolute Gasteiger partial charge is 0.251 e. The SMILES string of the molecule is CC(NC(=O)c1cccc(NC(=O)C2CCCCC2)c1)c1ncc(-c2ccccc2)[nH]1. The predicted octanol–water partition coefficient (Wildman–Crippen LogP) is 5.09. The van der Waals surface area contributed by atoms with E-state index in [9.17, 15) is 9.59 Å². The molecule has 1 heterocycles. The van der Waals surface area contributed by atoms with Crippen LogP contribution in [0.5, 0.6) is 0 Å². The maximum Gasteiger partial charge on any atom is 0.251 e. The number of carbonyl (C=O) groups excluding carboxylic acids is 2. The molecule has 1 aliphatic carbocycles. The van der Waals surface area contributed by atoms with E-state index in [0.717, 1.165) is 36.9 Å². The second-order valence-corrected chi connectivity index (χ2v) is 8.15. The molecule has 160 valence electrons. The van der Waals surface area contributed by atoms with Crippen molar-refractivity contribution in [3.8, 4) is 11.3 Å². The Morgan fingerprint density at radius 1 is 1.03 bits per heavy atom. The van der Waals surface area contributed by atoms with Crippen molar-refractivity contribution in [3.63, 3.8) is 0 Å². The first kappa shape index (κ1) is 20.8. The maximum atomic E-state index is 12.8. The van der Waals surface area contributed by atoms with Crippen LogP contribution in [0.2, 0.25) is 0 Å². The summed E-state index contributed by atoms with van der Waals surface area (Å²) in [5, 5.41) is 5.95. The zero-order chi connectivity index (χ0) is 21.6. The number of imidazole rings is 1. The number of carbonyl (C=O) groups is 2. The lowest BCUT2D eigenvalue weighted by Crippen LogP contribution is -2.28. The van der Waals surface area contributed by atoms with Crippen molar-refractivity contribution in [2.45, 2.75) is 45.1 Å². The highest BCUT2D eigenvalue weighted by Crippen LogP contribution is 2.25. The molecule has 1 aromatic heterocycles. The van der Waals surface area contributed by atoms with E-state index in [1.165, 1.54) is 6.42 Å². The number of nitrogens with zero attached hydrogens (tertiary/aromatic N) is 1. The van der Waals surface area contributed by atoms with Crippen LogP contribution < -0.4 is 10.6 Å². The molecule has 1 atom stereocenters. The quantitative estimate of drug-likeness (QED) is 0.523. The van der Waals surface area contributed by atoms with Gasteiger partial charge in [0.25, 0.3) is 5.91 Å². The van der Waals surface area contributed by atoms with Gasteiger partial charge >= 0.3 is 0 Å². The fourth-order valence-electron chi connectivity index (χ4n) is 4.02. The topological polar surface area (TPSA) is 86.9 Å². The van der Waals surface area contributed by atoms with Crippen LogP contribution in [0.1, 0.15) is 61.3 Å². The molecule has 0 aliphatic heterocycles. The van der Waals surface area contributed by atoms with Gasteiger partial charge in [0.1, 0.15) is 5.82 Å². The summed E-state index contributed by atoms with van der Waals surface area (Å²) in [6, 6.07) is 16.7. The molecule has 2 aromatic carbocycles. The molecule has 6 nitrogen and oxygen atoms in total. The summed E-state index contributed by atoms with van der Waals surface area (Å²) >= 11 is 0. The zero-order valence-electron chi connectivity index (χ0n) is 17.7. The van der Waals surface area contributed by atoms with Crippen molar-refractivity contribution >= 4 is 17.5 Å². The number of anilines is 1. The van der Waals surface area contributed by atoms with Crippen LogP contribution >= 0.6 is 0 Å². The summed E-state index contributed by atoms with van der Waals surface area (Å²) in [6.45, 7) is 1.89. The van der Waals surface area contributed by atoms with Gasteiger partial charge in [0.05, 0.1) is 17.9 Å². The van der Waals surface area contributed by atoms with E-state index in [0.29, 0.717) is 17.1 Å². The van der Waals surface area contributed by atoms with Gasteiger partial charge < -0.3 is 15.6 Å². The Kier molecular flexibility index (Phi) is 6.46. The largest absolute Gasteiger partial charge is 0.342 e. The minimum absolute atomic E-state index is 0.0506. The molecule has 0 spiro atoms. The molecule has 31 heavy (non-hydrogen) atoms. The van der Waals surface area contributed by atoms with Crippen molar-refractivity contribution in [1.29, 1.82) is 0 Å². The van der Waals surface area contributed by atoms with Crippen LogP contribution in [-0.4, -0.2) is 21.8 Å². The molecule has 1 fully saturated rings. The summed E-state index contributed by atoms with van der Waals surface area (Å²) in [5.41, 5.74) is 3.11. The van der Waals surface area contributed by atoms with Crippen molar-refractivity contribution in [2.24, 2.45) is 5.92 Å². The highest BCUT2D eigenvalue weighted by molar-refractivity contribution is 5.97. The molecule has 3 aromatic rings. The lowest BCUT2D eigenvalue weighted by atomic mass is 9.88. The van der Waals surface area contributed by atoms with E-state index in [1.807, 2.05) is 43.3 Å². The number of H-pyrrole nitrogens is 1. The van der Waals surface area contributed by atoms with E-state index in [1.54, 1.807) is 24.4 Å². The normalized spacial score (nSPS) is 15.3. The highest BCUT2D eigenvalue weighted by Gasteiger charge is 2.21. The number of nitrogens with one attached hydrogen (secondary N) is 3. The van der Waals surface area contributed by atoms with E-state index >= 15 is 0 Å². The van der Waals surface area contributed by atoms with Gasteiger partial charge in [-0.3, -0.25) is 9.59 Å². The molecule has 2 amide bonds. The molecule has 0 radical (unpaired) electrons. The number of hydrogen-bond donors (Lipinski definition) is 3. The highest BCUT2D eigenvalue weighted by atomic mass is 16.2. The van der Waals surface area contributed by atoms with Gasteiger partial charge in [-0.2, -0.15) is 0 Å². The third-order valence-electron chi connectivity index (χ3n) is 5.81. The molecule has 0 bridgehead atoms. The van der Waals surface area contributed by atoms with Crippen LogP contribution in [0.25, 0.3) is 11.3 Å². The molecule has 1 saturated carbocycles. The maximum absolute atomic E-state index is 12.8. The minimum Gasteiger partial charge on any atom is -0.342 e. The standard InChI is InChI=1S/C25H28N4O2/c1-17(23-26-16-22(29-23)18-9-4-2-5-10-18)27-25(31)20-13-8-14-21(15-20)28-24(30)19-11-6-3-7-12-19/h2,4-5,8-10,13-17,19H,3,6-7,11-12H2,1H3,(H,26,29)(H,27,31)(H,28,30). The summed E-state index contributed by atoms with van der Waals surface area (Å²) in [5.74, 6) is 0.603. The van der Waals surface area contributed by atoms with E-state index in [-0.39, 0.29) is 23.8 Å². The Morgan fingerprint density at radius 2 is 1.81 bits per heavy atom. The number of benzene rings is 2. The Hall–Kier alpha value is -3.41. The van der Waals surface area contributed by atoms with Gasteiger partial charge in [-0.05, 0) is 43.5 Å². The summed E-state index contributed by atoms with van der Waals surface area (Å²) in [6.07, 6.45) is 7.08. The van der Waals surface area contributed by atoms with Crippen LogP contribution in [0.4, 0.5) is 5.69 Å². The van der Waals surface area contributed by atoms with E-state index in [2.05, 4.69) is 20.6 Å². The van der Waals surface area contributed by atoms with Crippen molar-refractivity contribution in [2.75, 3.05) is 5.32 Å². The van der Waals surface area contributed by atoms with Crippen LogP contribution in [0, 0.1) is 5.92 Å². The first-order chi connectivity index (χ1) is 15.1. The average molecular weight is 417 g/mol. The molecule has 4 rings (SSSR count). The van der Waals surface area contributed by atoms with Gasteiger partial charge in [-0.1, -0.05) is 55.7 Å². The first-order valence-electron chi connectivity index (χ1n) is 10.9. The van der Waals surface area contributed by atoms with Gasteiger partial charge in [0.15, 0.2) is 0 Å². The van der Waals surface area contributed by atoms with Crippen molar-refractivity contribution in [1.82, 2.24) is 15.3 Å². The number of hydrogen-bond acceptors (Lipinski definition) is 3. The Morgan fingerprint density at radius 3 is 2.58 bits per heavy atom. The lowest BCUT2D eigenvalue weighted by Gasteiger charge is -2.21. The molecular weight excluding hydrogens is 388 g/mol. The number of rotatable bonds is 6. The van der Waals surface area contributed by atoms with Gasteiger partial charge in [-0.15, -0.1) is 0 Å². The van der Waals surface area contributed by atoms with Gasteiger partial charge in [0, 0.05) is 17.2 Å². The second-order valence-electron chi connectivity index (χ2n) is 8.15. The molecule has 3 N–H and O–H groups in total. The third kappa shape index (κ3) is 5.20. The third-order valence-corrected chi connectivity index (χ3v) is 5.81. The second kappa shape index (κ2) is 9.60. The minimum atomic E-state index is -0.287. The zero-order valence-corrected chi connectivity index (χ0v) is 17.7. The van der Waals surface area contributed by atoms with Crippen LogP contribution in [0.3, 0.4) is 0 Å². The van der Waals surface area contributed by atoms with Crippen LogP contribution in [0.15, 0.2) is 60.8 Å². The average Bonchev–Trinajstić information content (AvgIpc) is 3.31. The molecule has 1 unspecified atom stereocenters. The number of aromatic nitrogens is 2. The number of amides is 2. The lowest BCUT2D eigenvalue weighted by molar-refractivity contribution is -0.120. The van der Waals surface area contributed by atoms with Gasteiger partial charge in [0.2, 0.25) is 5.91 Å². The van der Waals surface area contributed by atoms with E-state index < -0.39 is 0 Å². The Labute approximate surface area is 182 Å². The monoisotopic (exact) mass is 416 g/mol. The summed E-state index contributed by atoms with van der Waals surface area (Å²) in [7, 11) is 0. The first-order valence-corrected chi connectivity index (χ1v) is 10.9. The van der Waals surface area contributed by atoms with E-state index in [4.69, 9.17) is 0 Å². The fourth-order valence-corrected chi connectivity index (χ4v) is 4.02. The van der Waals surface area contributed by atoms with Crippen LogP contribution in [-0.2, 0) is 4.79 Å².